The van der Waals surface area contributed by atoms with Crippen molar-refractivity contribution in [2.24, 2.45) is 46.3 Å². The summed E-state index contributed by atoms with van der Waals surface area (Å²) >= 11 is 0. The molecule has 0 radical (unpaired) electrons. The van der Waals surface area contributed by atoms with Crippen LogP contribution in [0.1, 0.15) is 98.8 Å². The van der Waals surface area contributed by atoms with Crippen LogP contribution in [0.5, 0.6) is 0 Å². The maximum absolute atomic E-state index is 11.9. The molecule has 34 heavy (non-hydrogen) atoms. The van der Waals surface area contributed by atoms with Crippen molar-refractivity contribution in [3.05, 3.63) is 12.2 Å². The molecule has 5 rings (SSSR count). The van der Waals surface area contributed by atoms with Crippen LogP contribution in [-0.4, -0.2) is 35.5 Å². The summed E-state index contributed by atoms with van der Waals surface area (Å²) in [6, 6.07) is 0. The zero-order valence-electron chi connectivity index (χ0n) is 22.3. The van der Waals surface area contributed by atoms with Crippen LogP contribution in [0.15, 0.2) is 12.2 Å². The van der Waals surface area contributed by atoms with Gasteiger partial charge in [0.25, 0.3) is 0 Å². The van der Waals surface area contributed by atoms with Crippen LogP contribution in [0.4, 0.5) is 0 Å². The van der Waals surface area contributed by atoms with Crippen LogP contribution in [0.25, 0.3) is 0 Å². The third kappa shape index (κ3) is 3.64. The van der Waals surface area contributed by atoms with E-state index in [2.05, 4.69) is 34.3 Å². The van der Waals surface area contributed by atoms with Gasteiger partial charge in [0.15, 0.2) is 0 Å². The zero-order chi connectivity index (χ0) is 24.5. The van der Waals surface area contributed by atoms with E-state index in [0.29, 0.717) is 29.8 Å². The number of hydrogen-bond acceptors (Lipinski definition) is 4. The van der Waals surface area contributed by atoms with Gasteiger partial charge in [0, 0.05) is 18.8 Å². The number of allylic oxidation sites excluding steroid dienone is 1. The summed E-state index contributed by atoms with van der Waals surface area (Å²) in [4.78, 5) is 11.9. The van der Waals surface area contributed by atoms with Gasteiger partial charge in [-0.2, -0.15) is 0 Å². The first-order valence-electron chi connectivity index (χ1n) is 14.2. The highest BCUT2D eigenvalue weighted by atomic mass is 16.6. The third-order valence-electron chi connectivity index (χ3n) is 11.8. The van der Waals surface area contributed by atoms with Gasteiger partial charge in [-0.1, -0.05) is 39.8 Å². The summed E-state index contributed by atoms with van der Waals surface area (Å²) in [7, 11) is 0. The van der Waals surface area contributed by atoms with Crippen molar-refractivity contribution in [2.45, 2.75) is 117 Å². The molecule has 1 saturated heterocycles. The standard InChI is InChI=1S/C30H48O4/c1-18(2)19(3)7-8-20(4)24-9-10-25-23-15-27-30(34-27)16-22(32)11-14-29(30,17-33-21(5)31)26(23)12-13-28(24,25)6/h18,20,22-27,32H,3,7-17H2,1-2,4-6H3. The largest absolute Gasteiger partial charge is 0.465 e. The second-order valence-electron chi connectivity index (χ2n) is 13.5. The number of fused-ring (bicyclic) bond motifs is 4. The van der Waals surface area contributed by atoms with E-state index in [1.54, 1.807) is 0 Å². The Balaban J connectivity index is 1.37. The molecule has 0 bridgehead atoms. The number of carbonyl (C=O) groups is 1. The van der Waals surface area contributed by atoms with Gasteiger partial charge >= 0.3 is 5.97 Å². The van der Waals surface area contributed by atoms with Gasteiger partial charge in [0.05, 0.1) is 12.2 Å². The number of aliphatic hydroxyl groups is 1. The second kappa shape index (κ2) is 8.61. The highest BCUT2D eigenvalue weighted by Gasteiger charge is 2.78. The number of carbonyl (C=O) groups excluding carboxylic acids is 1. The molecule has 10 unspecified atom stereocenters. The number of ether oxygens (including phenoxy) is 2. The fourth-order valence-corrected chi connectivity index (χ4v) is 9.83. The molecule has 1 aliphatic heterocycles. The zero-order valence-corrected chi connectivity index (χ0v) is 22.3. The molecule has 4 aliphatic carbocycles. The first-order valence-corrected chi connectivity index (χ1v) is 14.2. The number of rotatable bonds is 7. The lowest BCUT2D eigenvalue weighted by atomic mass is 9.44. The van der Waals surface area contributed by atoms with Crippen molar-refractivity contribution in [3.8, 4) is 0 Å². The Morgan fingerprint density at radius 1 is 1.15 bits per heavy atom. The monoisotopic (exact) mass is 472 g/mol. The lowest BCUT2D eigenvalue weighted by Gasteiger charge is -2.60. The first-order chi connectivity index (χ1) is 16.0. The maximum Gasteiger partial charge on any atom is 0.302 e. The summed E-state index contributed by atoms with van der Waals surface area (Å²) in [6.07, 6.45) is 11.2. The van der Waals surface area contributed by atoms with Crippen molar-refractivity contribution < 1.29 is 19.4 Å². The average molecular weight is 473 g/mol. The lowest BCUT2D eigenvalue weighted by molar-refractivity contribution is -0.169. The van der Waals surface area contributed by atoms with E-state index in [-0.39, 0.29) is 29.2 Å². The average Bonchev–Trinajstić information content (AvgIpc) is 3.35. The molecule has 4 heteroatoms. The van der Waals surface area contributed by atoms with Crippen LogP contribution >= 0.6 is 0 Å². The first kappa shape index (κ1) is 24.8. The molecule has 1 N–H and O–H groups in total. The van der Waals surface area contributed by atoms with Gasteiger partial charge in [-0.05, 0) is 98.7 Å². The highest BCUT2D eigenvalue weighted by Crippen LogP contribution is 2.74. The maximum atomic E-state index is 11.9. The Labute approximate surface area is 207 Å². The molecule has 5 aliphatic rings. The SMILES string of the molecule is C=C(CCC(C)C1CCC2C3CC4OC45CC(O)CCC5(COC(C)=O)C3CCC12C)C(C)C. The van der Waals surface area contributed by atoms with Crippen LogP contribution in [0.2, 0.25) is 0 Å². The van der Waals surface area contributed by atoms with Crippen LogP contribution in [0.3, 0.4) is 0 Å². The molecule has 0 aromatic heterocycles. The Bertz CT molecular complexity index is 821. The number of hydrogen-bond donors (Lipinski definition) is 1. The summed E-state index contributed by atoms with van der Waals surface area (Å²) in [6.45, 7) is 16.0. The van der Waals surface area contributed by atoms with Gasteiger partial charge in [-0.3, -0.25) is 4.79 Å². The van der Waals surface area contributed by atoms with E-state index in [0.717, 1.165) is 49.9 Å². The molecular formula is C30H48O4. The molecule has 4 saturated carbocycles. The van der Waals surface area contributed by atoms with E-state index in [9.17, 15) is 9.90 Å². The normalized spacial score (nSPS) is 47.7. The smallest absolute Gasteiger partial charge is 0.302 e. The quantitative estimate of drug-likeness (QED) is 0.268. The highest BCUT2D eigenvalue weighted by molar-refractivity contribution is 5.66. The van der Waals surface area contributed by atoms with Crippen LogP contribution in [0, 0.1) is 46.3 Å². The van der Waals surface area contributed by atoms with Crippen molar-refractivity contribution in [2.75, 3.05) is 6.61 Å². The number of aliphatic hydroxyl groups excluding tert-OH is 1. The minimum Gasteiger partial charge on any atom is -0.465 e. The Morgan fingerprint density at radius 2 is 1.91 bits per heavy atom. The molecule has 5 fully saturated rings. The second-order valence-corrected chi connectivity index (χ2v) is 13.5. The molecule has 1 spiro atoms. The molecule has 4 nitrogen and oxygen atoms in total. The Hall–Kier alpha value is -0.870. The van der Waals surface area contributed by atoms with E-state index < -0.39 is 0 Å². The van der Waals surface area contributed by atoms with Crippen molar-refractivity contribution in [3.63, 3.8) is 0 Å². The summed E-state index contributed by atoms with van der Waals surface area (Å²) in [5, 5.41) is 10.5. The molecule has 0 amide bonds. The topological polar surface area (TPSA) is 59.1 Å². The molecule has 10 atom stereocenters. The summed E-state index contributed by atoms with van der Waals surface area (Å²) < 4.78 is 12.3. The Morgan fingerprint density at radius 3 is 2.62 bits per heavy atom. The van der Waals surface area contributed by atoms with Crippen molar-refractivity contribution in [1.29, 1.82) is 0 Å². The van der Waals surface area contributed by atoms with Crippen LogP contribution in [-0.2, 0) is 14.3 Å². The van der Waals surface area contributed by atoms with Crippen LogP contribution < -0.4 is 0 Å². The van der Waals surface area contributed by atoms with Gasteiger partial charge in [0.1, 0.15) is 12.2 Å². The predicted molar refractivity (Wildman–Crippen MR) is 134 cm³/mol. The number of epoxide rings is 1. The fourth-order valence-electron chi connectivity index (χ4n) is 9.83. The molecule has 1 heterocycles. The molecule has 0 aromatic rings. The lowest BCUT2D eigenvalue weighted by Crippen LogP contribution is -2.61. The number of esters is 1. The summed E-state index contributed by atoms with van der Waals surface area (Å²) in [5.74, 6) is 3.88. The molecule has 0 aromatic carbocycles. The van der Waals surface area contributed by atoms with E-state index >= 15 is 0 Å². The minimum absolute atomic E-state index is 0.106. The fraction of sp³-hybridized carbons (Fsp3) is 0.900. The molecule has 192 valence electrons. The third-order valence-corrected chi connectivity index (χ3v) is 11.8. The van der Waals surface area contributed by atoms with Gasteiger partial charge in [-0.25, -0.2) is 0 Å². The Kier molecular flexibility index (Phi) is 6.28. The molecular weight excluding hydrogens is 424 g/mol. The van der Waals surface area contributed by atoms with Gasteiger partial charge in [-0.15, -0.1) is 0 Å². The van der Waals surface area contributed by atoms with Crippen molar-refractivity contribution >= 4 is 5.97 Å². The van der Waals surface area contributed by atoms with E-state index in [1.165, 1.54) is 44.6 Å². The minimum atomic E-state index is -0.279. The van der Waals surface area contributed by atoms with Gasteiger partial charge < -0.3 is 14.6 Å². The van der Waals surface area contributed by atoms with E-state index in [4.69, 9.17) is 9.47 Å². The van der Waals surface area contributed by atoms with Gasteiger partial charge in [0.2, 0.25) is 0 Å². The van der Waals surface area contributed by atoms with E-state index in [1.807, 2.05) is 0 Å². The predicted octanol–water partition coefficient (Wildman–Crippen LogP) is 6.31. The van der Waals surface area contributed by atoms with Crippen molar-refractivity contribution in [1.82, 2.24) is 0 Å². The summed E-state index contributed by atoms with van der Waals surface area (Å²) in [5.41, 5.74) is 1.45.